The molecule has 0 radical (unpaired) electrons. The molecule has 1 atom stereocenters. The number of carboxylic acids is 1. The molecule has 14 N–H and O–H groups in total. The Labute approximate surface area is 799 Å². The molecule has 9 amide bonds. The highest BCUT2D eigenvalue weighted by molar-refractivity contribution is 5.97. The fourth-order valence-corrected chi connectivity index (χ4v) is 13.4. The number of Topliss-reactive ketones (excluding diaryl/α,β-unsaturated/α-hetero) is 1. The molecule has 8 rings (SSSR count). The number of benzene rings is 5. The van der Waals surface area contributed by atoms with E-state index in [1.54, 1.807) is 26.4 Å². The minimum absolute atomic E-state index is 0.0184. The summed E-state index contributed by atoms with van der Waals surface area (Å²) in [5.74, 6) is 0.218. The van der Waals surface area contributed by atoms with Crippen LogP contribution >= 0.6 is 0 Å². The number of ketones is 1. The summed E-state index contributed by atoms with van der Waals surface area (Å²) < 4.78 is 60.5. The monoisotopic (exact) mass is 1910 g/mol. The molecule has 0 bridgehead atoms. The van der Waals surface area contributed by atoms with E-state index in [2.05, 4.69) is 107 Å². The number of aromatic nitrogens is 4. The molecule has 750 valence electrons. The van der Waals surface area contributed by atoms with Gasteiger partial charge in [-0.1, -0.05) is 60.7 Å². The van der Waals surface area contributed by atoms with E-state index >= 15 is 0 Å². The molecule has 0 saturated carbocycles. The van der Waals surface area contributed by atoms with E-state index in [0.717, 1.165) is 22.6 Å². The maximum absolute atomic E-state index is 12.7. The van der Waals surface area contributed by atoms with Gasteiger partial charge in [-0.25, -0.2) is 19.6 Å². The molecule has 0 fully saturated rings. The van der Waals surface area contributed by atoms with Gasteiger partial charge in [-0.2, -0.15) is 4.98 Å². The third kappa shape index (κ3) is 46.9. The molecular weight excluding hydrogens is 1780 g/mol. The number of nitrogens with zero attached hydrogens (tertiary/aromatic N) is 5. The van der Waals surface area contributed by atoms with Crippen LogP contribution in [0.3, 0.4) is 0 Å². The van der Waals surface area contributed by atoms with Crippen LogP contribution in [0.1, 0.15) is 143 Å². The number of H-pyrrole nitrogens is 1. The summed E-state index contributed by atoms with van der Waals surface area (Å²) in [6, 6.07) is 32.9. The van der Waals surface area contributed by atoms with E-state index in [4.69, 9.17) is 57.8 Å². The molecule has 0 spiro atoms. The van der Waals surface area contributed by atoms with Crippen molar-refractivity contribution in [3.05, 3.63) is 159 Å². The van der Waals surface area contributed by atoms with E-state index in [1.165, 1.54) is 54.4 Å². The lowest BCUT2D eigenvalue weighted by atomic mass is 9.98. The van der Waals surface area contributed by atoms with Crippen LogP contribution in [0.4, 0.5) is 16.4 Å². The van der Waals surface area contributed by atoms with E-state index < -0.39 is 29.6 Å². The second-order valence-electron chi connectivity index (χ2n) is 31.4. The Balaban J connectivity index is 0.000000320. The summed E-state index contributed by atoms with van der Waals surface area (Å²) in [5.41, 5.74) is 13.2. The van der Waals surface area contributed by atoms with Gasteiger partial charge >= 0.3 is 12.1 Å². The first-order valence-electron chi connectivity index (χ1n) is 46.0. The van der Waals surface area contributed by atoms with Gasteiger partial charge in [-0.05, 0) is 112 Å². The summed E-state index contributed by atoms with van der Waals surface area (Å²) in [4.78, 5) is 161. The number of hydrogen-bond acceptors (Lipinski definition) is 30. The Morgan fingerprint density at radius 3 is 1.42 bits per heavy atom. The number of carboxylic acid groups (broad SMARTS) is 1. The summed E-state index contributed by atoms with van der Waals surface area (Å²) in [7, 11) is 7.21. The van der Waals surface area contributed by atoms with Crippen LogP contribution in [0.15, 0.2) is 120 Å². The second-order valence-corrected chi connectivity index (χ2v) is 31.4. The van der Waals surface area contributed by atoms with Crippen LogP contribution < -0.4 is 83.4 Å². The molecule has 41 heteroatoms. The van der Waals surface area contributed by atoms with Gasteiger partial charge in [0.25, 0.3) is 11.5 Å². The van der Waals surface area contributed by atoms with Gasteiger partial charge in [0.2, 0.25) is 47.3 Å². The van der Waals surface area contributed by atoms with Crippen molar-refractivity contribution >= 4 is 87.9 Å². The smallest absolute Gasteiger partial charge is 0.407 e. The second kappa shape index (κ2) is 66.4. The topological polar surface area (TPSA) is 534 Å². The normalized spacial score (nSPS) is 11.4. The third-order valence-corrected chi connectivity index (χ3v) is 20.4. The zero-order valence-electron chi connectivity index (χ0n) is 79.9. The molecule has 7 aromatic rings. The first-order valence-corrected chi connectivity index (χ1v) is 46.0. The number of carbonyl (C=O) groups excluding carboxylic acids is 10. The van der Waals surface area contributed by atoms with Gasteiger partial charge in [0.15, 0.2) is 11.2 Å². The number of likely N-dealkylation sites (N-methyl/N-ethyl adjacent to an activating group) is 2. The van der Waals surface area contributed by atoms with Gasteiger partial charge in [0.1, 0.15) is 41.4 Å². The minimum atomic E-state index is -1.27. The first kappa shape index (κ1) is 113. The predicted molar refractivity (Wildman–Crippen MR) is 512 cm³/mol. The van der Waals surface area contributed by atoms with Crippen molar-refractivity contribution in [1.29, 1.82) is 0 Å². The van der Waals surface area contributed by atoms with Crippen molar-refractivity contribution < 1.29 is 110 Å². The highest BCUT2D eigenvalue weighted by Crippen LogP contribution is 2.44. The van der Waals surface area contributed by atoms with Gasteiger partial charge in [0, 0.05) is 178 Å². The quantitative estimate of drug-likeness (QED) is 0.0209. The zero-order valence-corrected chi connectivity index (χ0v) is 79.9. The molecule has 5 aromatic carbocycles. The molecule has 137 heavy (non-hydrogen) atoms. The Morgan fingerprint density at radius 2 is 0.956 bits per heavy atom. The minimum Gasteiger partial charge on any atom is -0.496 e. The number of ether oxygens (including phenoxy) is 11. The number of hydrogen-bond donors (Lipinski definition) is 13. The van der Waals surface area contributed by atoms with Crippen LogP contribution in [0.5, 0.6) is 23.0 Å². The lowest BCUT2D eigenvalue weighted by Gasteiger charge is -2.19. The number of alkyl carbamates (subject to hydrolysis) is 1. The molecule has 0 aliphatic heterocycles. The maximum atomic E-state index is 12.7. The number of nitrogens with two attached hydrogens (primary N) is 1. The van der Waals surface area contributed by atoms with E-state index in [-0.39, 0.29) is 141 Å². The van der Waals surface area contributed by atoms with Gasteiger partial charge < -0.3 is 126 Å². The van der Waals surface area contributed by atoms with Crippen molar-refractivity contribution in [1.82, 2.24) is 77.6 Å². The molecule has 41 nitrogen and oxygen atoms in total. The van der Waals surface area contributed by atoms with Crippen LogP contribution in [-0.4, -0.2) is 299 Å². The number of aliphatic carboxylic acids is 1. The van der Waals surface area contributed by atoms with E-state index in [0.29, 0.717) is 213 Å². The van der Waals surface area contributed by atoms with E-state index in [1.807, 2.05) is 88.6 Å². The molecular formula is C96H137N17O24. The first-order chi connectivity index (χ1) is 66.2. The Bertz CT molecular complexity index is 4890. The fourth-order valence-electron chi connectivity index (χ4n) is 13.4. The predicted octanol–water partition coefficient (Wildman–Crippen LogP) is 5.49. The lowest BCUT2D eigenvalue weighted by Crippen LogP contribution is -2.41. The SMILES string of the molecule is CC(=O)NCCOCCOCCC(=O)NCCCC(=O)CCC(NC(=O)c1ccc(NCc2cnc3nc(N)[nH]c(=O)c3n2)cc1)C(=O)O.CCNC(=O)CCCOc1ccc(CN(C)CCNC(=O)CCOCCOCCNC(=O)OCC2c3ccccc3-c3ccccc32)c(OC)c1.CCNC(=O)CCCOc1ccc(CN(C)CCNC(=O)CCOCCOCCNC(C)=O)c(OC)c1. The number of rotatable bonds is 66. The van der Waals surface area contributed by atoms with Crippen molar-refractivity contribution in [2.45, 2.75) is 130 Å². The lowest BCUT2D eigenvalue weighted by molar-refractivity contribution is -0.139. The Kier molecular flexibility index (Phi) is 54.6. The van der Waals surface area contributed by atoms with Gasteiger partial charge in [-0.15, -0.1) is 0 Å². The van der Waals surface area contributed by atoms with Crippen molar-refractivity contribution in [2.24, 2.45) is 0 Å². The summed E-state index contributed by atoms with van der Waals surface area (Å²) in [5, 5.41) is 37.2. The van der Waals surface area contributed by atoms with Crippen LogP contribution in [0.2, 0.25) is 0 Å². The standard InChI is InChI=1S/C39H52N4O8.C31H41N9O9.C26H44N4O7/c1-4-40-37(44)14-9-21-50-30-16-15-29(36(26-30)47-3)27-43(2)20-18-41-38(45)17-22-48-24-25-49-23-19-42-39(46)51-28-35-33-12-7-5-10-31(33)32-11-6-8-13-34(32)35;1-19(41)33-12-14-49-16-15-48-13-10-25(43)34-11-2-3-23(42)8-9-24(30(46)47)38-28(44)20-4-6-21(7-5-20)35-17-22-18-36-27-26(37-22)29(45)40-31(32)39-27;1-5-27-25(32)7-6-14-37-23-9-8-22(24(19-23)34-4)20-30(3)13-11-29-26(33)10-15-35-17-18-36-16-12-28-21(2)31/h5-8,10-13,15-16,26,35H,4,9,14,17-25,27-28H2,1-3H3,(H,40,44)(H,41,45)(H,42,46);4-7,18,24,35H,2-3,8-17H2,1H3,(H,33,41)(H,34,43)(H,38,44)(H,46,47)(H3,32,36,39,40,45);8-9,19H,5-7,10-18,20H2,1-4H3,(H,27,32)(H,28,31)(H,29,33). The fraction of sp³-hybridized carbons (Fsp3) is 0.510. The highest BCUT2D eigenvalue weighted by Gasteiger charge is 2.30. The number of nitrogens with one attached hydrogen (secondary N) is 11. The number of aromatic amines is 1. The average molecular weight is 1910 g/mol. The van der Waals surface area contributed by atoms with Crippen molar-refractivity contribution in [3.8, 4) is 34.1 Å². The van der Waals surface area contributed by atoms with Crippen LogP contribution in [0.25, 0.3) is 22.3 Å². The molecule has 2 heterocycles. The average Bonchev–Trinajstić information content (AvgIpc) is 1.61. The number of anilines is 2. The summed E-state index contributed by atoms with van der Waals surface area (Å²) >= 11 is 0. The zero-order chi connectivity index (χ0) is 99.2. The number of methoxy groups -OCH3 is 2. The third-order valence-electron chi connectivity index (χ3n) is 20.4. The van der Waals surface area contributed by atoms with E-state index in [9.17, 15) is 62.6 Å². The van der Waals surface area contributed by atoms with Crippen molar-refractivity contribution in [3.63, 3.8) is 0 Å². The largest absolute Gasteiger partial charge is 0.496 e. The number of carbonyl (C=O) groups is 11. The Hall–Kier alpha value is -13.0. The molecule has 0 saturated heterocycles. The molecule has 1 aliphatic carbocycles. The summed E-state index contributed by atoms with van der Waals surface area (Å²) in [6.07, 6.45) is 4.22. The maximum Gasteiger partial charge on any atom is 0.407 e. The van der Waals surface area contributed by atoms with Gasteiger partial charge in [-0.3, -0.25) is 52.9 Å². The number of nitrogen functional groups attached to an aromatic ring is 1. The molecule has 1 unspecified atom stereocenters. The highest BCUT2D eigenvalue weighted by atomic mass is 16.6. The molecule has 1 aliphatic rings. The Morgan fingerprint density at radius 1 is 0.496 bits per heavy atom. The molecule has 2 aromatic heterocycles. The van der Waals surface area contributed by atoms with Gasteiger partial charge in [0.05, 0.1) is 125 Å². The van der Waals surface area contributed by atoms with Crippen molar-refractivity contribution in [2.75, 3.05) is 204 Å². The summed E-state index contributed by atoms with van der Waals surface area (Å²) in [6.45, 7) is 18.6. The number of amides is 9. The number of fused-ring (bicyclic) bond motifs is 4. The van der Waals surface area contributed by atoms with Crippen LogP contribution in [-0.2, 0) is 95.9 Å². The van der Waals surface area contributed by atoms with Crippen LogP contribution in [0, 0.1) is 0 Å².